The monoisotopic (exact) mass is 350 g/mol. The van der Waals surface area contributed by atoms with Crippen LogP contribution in [0.25, 0.3) is 0 Å². The Kier molecular flexibility index (Phi) is 4.82. The Morgan fingerprint density at radius 3 is 2.62 bits per heavy atom. The first-order chi connectivity index (χ1) is 11.5. The zero-order chi connectivity index (χ0) is 17.2. The van der Waals surface area contributed by atoms with E-state index in [0.29, 0.717) is 30.9 Å². The van der Waals surface area contributed by atoms with E-state index in [1.807, 2.05) is 6.92 Å². The maximum Gasteiger partial charge on any atom is 0.242 e. The lowest BCUT2D eigenvalue weighted by atomic mass is 9.76. The summed E-state index contributed by atoms with van der Waals surface area (Å²) in [5, 5.41) is 0. The fraction of sp³-hybridized carbons (Fsp3) is 0.353. The minimum atomic E-state index is -3.63. The van der Waals surface area contributed by atoms with E-state index in [-0.39, 0.29) is 22.7 Å². The van der Waals surface area contributed by atoms with Crippen molar-refractivity contribution in [2.75, 3.05) is 6.61 Å². The molecule has 7 heteroatoms. The van der Waals surface area contributed by atoms with Crippen LogP contribution in [0.4, 0.5) is 4.39 Å². The van der Waals surface area contributed by atoms with Crippen molar-refractivity contribution in [2.24, 2.45) is 0 Å². The van der Waals surface area contributed by atoms with Gasteiger partial charge in [-0.15, -0.1) is 0 Å². The zero-order valence-corrected chi connectivity index (χ0v) is 14.1. The molecule has 0 bridgehead atoms. The van der Waals surface area contributed by atoms with Crippen molar-refractivity contribution in [3.05, 3.63) is 54.0 Å². The van der Waals surface area contributed by atoms with Gasteiger partial charge in [-0.1, -0.05) is 18.2 Å². The van der Waals surface area contributed by atoms with Crippen molar-refractivity contribution < 1.29 is 17.5 Å². The third-order valence-corrected chi connectivity index (χ3v) is 5.62. The number of hydrogen-bond donors (Lipinski definition) is 1. The molecule has 1 N–H and O–H groups in total. The first kappa shape index (κ1) is 16.9. The summed E-state index contributed by atoms with van der Waals surface area (Å²) in [5.74, 6) is 0.205. The van der Waals surface area contributed by atoms with Crippen molar-refractivity contribution in [1.29, 1.82) is 0 Å². The molecule has 0 unspecified atom stereocenters. The minimum absolute atomic E-state index is 0.0531. The molecule has 1 aliphatic carbocycles. The Morgan fingerprint density at radius 1 is 1.25 bits per heavy atom. The Bertz CT molecular complexity index is 803. The summed E-state index contributed by atoms with van der Waals surface area (Å²) in [7, 11) is -3.63. The highest BCUT2D eigenvalue weighted by Crippen LogP contribution is 2.38. The van der Waals surface area contributed by atoms with Crippen molar-refractivity contribution >= 4 is 10.0 Å². The summed E-state index contributed by atoms with van der Waals surface area (Å²) in [5.41, 5.74) is 0.649. The van der Waals surface area contributed by atoms with Crippen LogP contribution in [0.3, 0.4) is 0 Å². The molecule has 3 rings (SSSR count). The van der Waals surface area contributed by atoms with Crippen molar-refractivity contribution in [1.82, 2.24) is 9.71 Å². The highest BCUT2D eigenvalue weighted by molar-refractivity contribution is 7.89. The third kappa shape index (κ3) is 3.57. The Labute approximate surface area is 140 Å². The highest BCUT2D eigenvalue weighted by atomic mass is 32.2. The number of ether oxygens (including phenoxy) is 1. The molecular formula is C17H19FN2O3S. The summed E-state index contributed by atoms with van der Waals surface area (Å²) >= 11 is 0. The van der Waals surface area contributed by atoms with Gasteiger partial charge < -0.3 is 4.74 Å². The minimum Gasteiger partial charge on any atom is -0.478 e. The average molecular weight is 350 g/mol. The van der Waals surface area contributed by atoms with E-state index < -0.39 is 10.0 Å². The van der Waals surface area contributed by atoms with E-state index in [4.69, 9.17) is 4.74 Å². The number of nitrogens with zero attached hydrogens (tertiary/aromatic N) is 1. The number of sulfonamides is 1. The van der Waals surface area contributed by atoms with Crippen LogP contribution in [0.2, 0.25) is 0 Å². The van der Waals surface area contributed by atoms with E-state index in [2.05, 4.69) is 9.71 Å². The van der Waals surface area contributed by atoms with E-state index in [0.717, 1.165) is 0 Å². The SMILES string of the molecule is CCOc1ccc(S(=O)(=O)NC2CC(c3ccccc3F)C2)cn1. The fourth-order valence-electron chi connectivity index (χ4n) is 2.82. The number of rotatable bonds is 6. The van der Waals surface area contributed by atoms with Crippen LogP contribution in [0.5, 0.6) is 5.88 Å². The number of benzene rings is 1. The van der Waals surface area contributed by atoms with Gasteiger partial charge in [-0.25, -0.2) is 22.5 Å². The maximum absolute atomic E-state index is 13.7. The predicted molar refractivity (Wildman–Crippen MR) is 87.9 cm³/mol. The lowest BCUT2D eigenvalue weighted by Gasteiger charge is -2.36. The Balaban J connectivity index is 1.61. The van der Waals surface area contributed by atoms with Gasteiger partial charge in [0.1, 0.15) is 10.7 Å². The number of aromatic nitrogens is 1. The van der Waals surface area contributed by atoms with Gasteiger partial charge in [-0.05, 0) is 43.4 Å². The van der Waals surface area contributed by atoms with Crippen molar-refractivity contribution in [2.45, 2.75) is 36.6 Å². The second-order valence-corrected chi connectivity index (χ2v) is 7.49. The molecule has 1 fully saturated rings. The van der Waals surface area contributed by atoms with Crippen LogP contribution in [0.1, 0.15) is 31.2 Å². The molecule has 0 amide bonds. The molecule has 0 saturated heterocycles. The van der Waals surface area contributed by atoms with E-state index in [1.165, 1.54) is 24.4 Å². The molecule has 1 aromatic heterocycles. The van der Waals surface area contributed by atoms with Crippen molar-refractivity contribution in [3.63, 3.8) is 0 Å². The number of pyridine rings is 1. The average Bonchev–Trinajstić information content (AvgIpc) is 2.52. The second-order valence-electron chi connectivity index (χ2n) is 5.77. The fourth-order valence-corrected chi connectivity index (χ4v) is 4.03. The molecule has 1 saturated carbocycles. The first-order valence-corrected chi connectivity index (χ1v) is 9.33. The van der Waals surface area contributed by atoms with Gasteiger partial charge in [0.25, 0.3) is 0 Å². The van der Waals surface area contributed by atoms with Crippen LogP contribution in [0.15, 0.2) is 47.5 Å². The predicted octanol–water partition coefficient (Wildman–Crippen LogP) is 2.84. The number of halogens is 1. The van der Waals surface area contributed by atoms with Gasteiger partial charge in [0.05, 0.1) is 12.8 Å². The highest BCUT2D eigenvalue weighted by Gasteiger charge is 2.34. The lowest BCUT2D eigenvalue weighted by Crippen LogP contribution is -2.43. The first-order valence-electron chi connectivity index (χ1n) is 7.85. The van der Waals surface area contributed by atoms with Crippen LogP contribution >= 0.6 is 0 Å². The summed E-state index contributed by atoms with van der Waals surface area (Å²) < 4.78 is 46.3. The van der Waals surface area contributed by atoms with Crippen LogP contribution in [0, 0.1) is 5.82 Å². The third-order valence-electron chi connectivity index (χ3n) is 4.12. The molecule has 1 aromatic carbocycles. The number of hydrogen-bond acceptors (Lipinski definition) is 4. The quantitative estimate of drug-likeness (QED) is 0.870. The van der Waals surface area contributed by atoms with Crippen LogP contribution in [-0.2, 0) is 10.0 Å². The normalized spacial score (nSPS) is 20.4. The molecule has 1 aliphatic rings. The summed E-state index contributed by atoms with van der Waals surface area (Å²) in [6.45, 7) is 2.30. The molecular weight excluding hydrogens is 331 g/mol. The molecule has 0 atom stereocenters. The standard InChI is InChI=1S/C17H19FN2O3S/c1-2-23-17-8-7-14(11-19-17)24(21,22)20-13-9-12(10-13)15-5-3-4-6-16(15)18/h3-8,11-13,20H,2,9-10H2,1H3. The summed E-state index contributed by atoms with van der Waals surface area (Å²) in [6.07, 6.45) is 2.45. The Hall–Kier alpha value is -1.99. The molecule has 24 heavy (non-hydrogen) atoms. The molecule has 2 aromatic rings. The molecule has 1 heterocycles. The van der Waals surface area contributed by atoms with E-state index in [9.17, 15) is 12.8 Å². The lowest BCUT2D eigenvalue weighted by molar-refractivity contribution is 0.318. The number of nitrogens with one attached hydrogen (secondary N) is 1. The topological polar surface area (TPSA) is 68.3 Å². The molecule has 0 radical (unpaired) electrons. The van der Waals surface area contributed by atoms with Gasteiger partial charge in [0.2, 0.25) is 15.9 Å². The maximum atomic E-state index is 13.7. The van der Waals surface area contributed by atoms with Gasteiger partial charge in [0, 0.05) is 12.1 Å². The van der Waals surface area contributed by atoms with Crippen LogP contribution in [-0.4, -0.2) is 26.1 Å². The van der Waals surface area contributed by atoms with E-state index >= 15 is 0 Å². The molecule has 5 nitrogen and oxygen atoms in total. The van der Waals surface area contributed by atoms with Gasteiger partial charge in [-0.3, -0.25) is 0 Å². The summed E-state index contributed by atoms with van der Waals surface area (Å²) in [6, 6.07) is 9.43. The van der Waals surface area contributed by atoms with E-state index in [1.54, 1.807) is 18.2 Å². The Morgan fingerprint density at radius 2 is 2.00 bits per heavy atom. The largest absolute Gasteiger partial charge is 0.478 e. The van der Waals surface area contributed by atoms with Gasteiger partial charge >= 0.3 is 0 Å². The molecule has 128 valence electrons. The zero-order valence-electron chi connectivity index (χ0n) is 13.3. The smallest absolute Gasteiger partial charge is 0.242 e. The second kappa shape index (κ2) is 6.86. The van der Waals surface area contributed by atoms with Gasteiger partial charge in [0.15, 0.2) is 0 Å². The van der Waals surface area contributed by atoms with Crippen molar-refractivity contribution in [3.8, 4) is 5.88 Å². The summed E-state index contributed by atoms with van der Waals surface area (Å²) in [4.78, 5) is 4.07. The van der Waals surface area contributed by atoms with Crippen LogP contribution < -0.4 is 9.46 Å². The molecule has 0 aliphatic heterocycles. The molecule has 0 spiro atoms. The van der Waals surface area contributed by atoms with Gasteiger partial charge in [-0.2, -0.15) is 0 Å².